The van der Waals surface area contributed by atoms with E-state index in [0.29, 0.717) is 88.4 Å². The molecule has 0 spiro atoms. The number of carboxylic acids is 4. The van der Waals surface area contributed by atoms with Crippen LogP contribution >= 0.6 is 9.47 Å². The molecule has 1 aliphatic heterocycles. The van der Waals surface area contributed by atoms with Crippen molar-refractivity contribution in [1.82, 2.24) is 60.1 Å². The van der Waals surface area contributed by atoms with E-state index in [2.05, 4.69) is 50.7 Å². The third-order valence-electron chi connectivity index (χ3n) is 15.9. The van der Waals surface area contributed by atoms with Crippen LogP contribution in [-0.2, 0) is 77.8 Å². The number of pyridine rings is 1. The number of carbonyl (C=O) groups is 8. The zero-order chi connectivity index (χ0) is 72.6. The lowest BCUT2D eigenvalue weighted by Crippen LogP contribution is -2.53. The van der Waals surface area contributed by atoms with Crippen LogP contribution in [0, 0.1) is 13.8 Å². The molecule has 0 bridgehead atoms. The maximum atomic E-state index is 13.8. The highest BCUT2D eigenvalue weighted by molar-refractivity contribution is 7.89. The van der Waals surface area contributed by atoms with Crippen molar-refractivity contribution in [1.29, 1.82) is 0 Å². The molecule has 3 aromatic carbocycles. The van der Waals surface area contributed by atoms with E-state index in [1.54, 1.807) is 86.1 Å². The molecular weight excluding hydrogens is 1350 g/mol. The van der Waals surface area contributed by atoms with Gasteiger partial charge in [-0.1, -0.05) is 18.2 Å². The van der Waals surface area contributed by atoms with E-state index in [9.17, 15) is 72.0 Å². The number of nitrogens with zero attached hydrogens (tertiary/aromatic N) is 6. The Hall–Kier alpha value is -8.70. The predicted octanol–water partition coefficient (Wildman–Crippen LogP) is 0.245. The van der Waals surface area contributed by atoms with Crippen LogP contribution in [0.15, 0.2) is 82.9 Å². The van der Waals surface area contributed by atoms with Gasteiger partial charge in [0.15, 0.2) is 5.95 Å². The molecule has 1 aliphatic rings. The van der Waals surface area contributed by atoms with Crippen LogP contribution in [0.4, 0.5) is 5.95 Å². The van der Waals surface area contributed by atoms with Gasteiger partial charge in [0, 0.05) is 136 Å². The van der Waals surface area contributed by atoms with Crippen molar-refractivity contribution >= 4 is 83.8 Å². The number of aliphatic carboxylic acids is 4. The first-order chi connectivity index (χ1) is 47.9. The average molecular weight is 1440 g/mol. The predicted molar refractivity (Wildman–Crippen MR) is 369 cm³/mol. The van der Waals surface area contributed by atoms with Crippen molar-refractivity contribution < 1.29 is 90.7 Å². The maximum Gasteiger partial charge on any atom is 0.323 e. The SMILES string of the molecule is Cc1cc(OCCCC(=O)NCCCOCCOCCOCCCNC(=O)C(Cc2ccc(OP)cc2)NC(=O)CN2CCN(CC(=O)O)CCN(CC(=O)O)CCN(CC(=O)O)CC2)cc(C)c1S(=O)(=O)NC(CNC(=O)c1cn(C)c2cc(CNc3ncc[nH]3)ccc2c1=O)C(=O)O. The second-order valence-electron chi connectivity index (χ2n) is 23.7. The summed E-state index contributed by atoms with van der Waals surface area (Å²) in [7, 11) is -0.663. The summed E-state index contributed by atoms with van der Waals surface area (Å²) in [5, 5.41) is 53.0. The van der Waals surface area contributed by atoms with Crippen LogP contribution in [-0.4, -0.2) is 267 Å². The smallest absolute Gasteiger partial charge is 0.323 e. The minimum Gasteiger partial charge on any atom is -0.494 e. The number of ether oxygens (including phenoxy) is 4. The monoisotopic (exact) mass is 1440 g/mol. The number of aromatic nitrogens is 3. The molecule has 548 valence electrons. The Morgan fingerprint density at radius 2 is 1.18 bits per heavy atom. The normalized spacial score (nSPS) is 14.4. The molecule has 0 aliphatic carbocycles. The molecule has 100 heavy (non-hydrogen) atoms. The Balaban J connectivity index is 0.824. The second kappa shape index (κ2) is 41.8. The topological polar surface area (TPSA) is 434 Å². The molecule has 6 rings (SSSR count). The highest BCUT2D eigenvalue weighted by Gasteiger charge is 2.30. The fraction of sp³-hybridized carbons (Fsp3) is 0.508. The summed E-state index contributed by atoms with van der Waals surface area (Å²) in [5.41, 5.74) is 1.79. The molecule has 11 N–H and O–H groups in total. The summed E-state index contributed by atoms with van der Waals surface area (Å²) in [6, 6.07) is 12.3. The highest BCUT2D eigenvalue weighted by Crippen LogP contribution is 2.27. The number of amides is 4. The number of carbonyl (C=O) groups excluding carboxylic acids is 4. The van der Waals surface area contributed by atoms with Crippen molar-refractivity contribution in [2.24, 2.45) is 7.05 Å². The first-order valence-electron chi connectivity index (χ1n) is 32.6. The van der Waals surface area contributed by atoms with Gasteiger partial charge in [-0.15, -0.1) is 0 Å². The molecule has 4 amide bonds. The summed E-state index contributed by atoms with van der Waals surface area (Å²) in [5.74, 6) is -5.31. The van der Waals surface area contributed by atoms with E-state index in [-0.39, 0.29) is 144 Å². The quantitative estimate of drug-likeness (QED) is 0.0184. The van der Waals surface area contributed by atoms with E-state index in [1.807, 2.05) is 0 Å². The molecule has 5 aromatic rings. The van der Waals surface area contributed by atoms with Gasteiger partial charge in [0.05, 0.1) is 79.1 Å². The zero-order valence-corrected chi connectivity index (χ0v) is 58.3. The van der Waals surface area contributed by atoms with Crippen LogP contribution < -0.4 is 46.0 Å². The lowest BCUT2D eigenvalue weighted by Gasteiger charge is -2.33. The number of nitrogens with one attached hydrogen (secondary N) is 7. The van der Waals surface area contributed by atoms with Crippen molar-refractivity contribution in [3.63, 3.8) is 0 Å². The number of benzene rings is 3. The number of aromatic amines is 1. The van der Waals surface area contributed by atoms with Gasteiger partial charge < -0.3 is 80.0 Å². The first-order valence-corrected chi connectivity index (χ1v) is 34.5. The van der Waals surface area contributed by atoms with Crippen LogP contribution in [0.5, 0.6) is 11.5 Å². The Morgan fingerprint density at radius 1 is 0.640 bits per heavy atom. The van der Waals surface area contributed by atoms with E-state index in [0.717, 1.165) is 11.1 Å². The molecule has 1 fully saturated rings. The number of H-pyrrole nitrogens is 1. The number of rotatable bonds is 42. The summed E-state index contributed by atoms with van der Waals surface area (Å²) >= 11 is 0. The van der Waals surface area contributed by atoms with Crippen molar-refractivity contribution in [3.8, 4) is 11.5 Å². The minimum absolute atomic E-state index is 0.138. The first kappa shape index (κ1) is 80.3. The van der Waals surface area contributed by atoms with Gasteiger partial charge in [0.1, 0.15) is 29.1 Å². The van der Waals surface area contributed by atoms with Crippen molar-refractivity contribution in [3.05, 3.63) is 111 Å². The van der Waals surface area contributed by atoms with E-state index in [4.69, 9.17) is 23.5 Å². The zero-order valence-electron chi connectivity index (χ0n) is 56.4. The summed E-state index contributed by atoms with van der Waals surface area (Å²) in [6.07, 6.45) is 6.26. The number of aryl methyl sites for hydroxylation is 3. The molecule has 3 heterocycles. The number of fused-ring (bicyclic) bond motifs is 1. The molecule has 0 radical (unpaired) electrons. The van der Waals surface area contributed by atoms with Gasteiger partial charge in [-0.05, 0) is 91.8 Å². The summed E-state index contributed by atoms with van der Waals surface area (Å²) < 4.78 is 59.1. The maximum absolute atomic E-state index is 13.8. The highest BCUT2D eigenvalue weighted by atomic mass is 32.2. The summed E-state index contributed by atoms with van der Waals surface area (Å²) in [4.78, 5) is 128. The van der Waals surface area contributed by atoms with Gasteiger partial charge >= 0.3 is 23.9 Å². The van der Waals surface area contributed by atoms with E-state index < -0.39 is 75.7 Å². The van der Waals surface area contributed by atoms with E-state index in [1.165, 1.54) is 32.2 Å². The number of carboxylic acid groups (broad SMARTS) is 4. The Bertz CT molecular complexity index is 3640. The fourth-order valence-electron chi connectivity index (χ4n) is 10.8. The molecule has 35 heteroatoms. The van der Waals surface area contributed by atoms with Crippen LogP contribution in [0.1, 0.15) is 58.3 Å². The number of imidazole rings is 1. The molecule has 3 unspecified atom stereocenters. The number of hydrogen-bond donors (Lipinski definition) is 11. The van der Waals surface area contributed by atoms with Gasteiger partial charge in [0.2, 0.25) is 33.2 Å². The second-order valence-corrected chi connectivity index (χ2v) is 25.6. The molecule has 2 aromatic heterocycles. The van der Waals surface area contributed by atoms with Crippen LogP contribution in [0.3, 0.4) is 0 Å². The molecule has 33 nitrogen and oxygen atoms in total. The molecule has 3 atom stereocenters. The Kier molecular flexibility index (Phi) is 33.5. The molecule has 0 saturated carbocycles. The van der Waals surface area contributed by atoms with Gasteiger partial charge in [-0.3, -0.25) is 62.8 Å². The number of sulfonamides is 1. The van der Waals surface area contributed by atoms with Gasteiger partial charge in [0.25, 0.3) is 5.91 Å². The largest absolute Gasteiger partial charge is 0.494 e. The summed E-state index contributed by atoms with van der Waals surface area (Å²) in [6.45, 7) is 6.05. The Morgan fingerprint density at radius 3 is 1.71 bits per heavy atom. The third kappa shape index (κ3) is 28.1. The number of hydrogen-bond acceptors (Lipinski definition) is 22. The average Bonchev–Trinajstić information content (AvgIpc) is 0.799. The fourth-order valence-corrected chi connectivity index (χ4v) is 12.6. The number of anilines is 1. The molecule has 1 saturated heterocycles. The Labute approximate surface area is 581 Å². The van der Waals surface area contributed by atoms with Gasteiger partial charge in [-0.2, -0.15) is 4.72 Å². The molecular formula is C65H92N13O20PS. The lowest BCUT2D eigenvalue weighted by molar-refractivity contribution is -0.140. The standard InChI is InChI=1S/C65H92N13O20PS/c1-44-33-49(34-45(2)61(44)100(92,93)73-53(64(90)91)38-70-62(88)51-39-74(3)54-36-47(10-13-50(54)60(51)87)37-71-65-68-16-17-69-65)97-28-4-7-55(79)66-14-5-26-94-29-31-96-32-30-95-27-6-15-67-63(89)52(35-46-8-11-48(98-99)12-9-46)72-56(80)40-75-18-20-76(41-57(81)82)22-24-78(43-59(85)86)25-23-77(21-19-75)42-58(83)84/h8-13,16-17,33-34,36,39,52-53,73H,4-7,14-15,18-32,35,37-38,40-43,99H2,1-3H3,(H,66,79)(H,67,89)(H,70,88)(H,72,80)(H,81,82)(H,83,84)(H,85,86)(H,90,91)(H2,68,69,71). The lowest BCUT2D eigenvalue weighted by atomic mass is 10.0. The third-order valence-corrected chi connectivity index (χ3v) is 17.9. The van der Waals surface area contributed by atoms with Crippen molar-refractivity contribution in [2.45, 2.75) is 69.5 Å². The van der Waals surface area contributed by atoms with Crippen LogP contribution in [0.25, 0.3) is 10.9 Å². The minimum atomic E-state index is -4.48. The van der Waals surface area contributed by atoms with Crippen LogP contribution in [0.2, 0.25) is 0 Å². The van der Waals surface area contributed by atoms with Gasteiger partial charge in [-0.25, -0.2) is 13.4 Å². The van der Waals surface area contributed by atoms with Crippen molar-refractivity contribution in [2.75, 3.05) is 150 Å². The van der Waals surface area contributed by atoms with E-state index >= 15 is 0 Å².